The lowest BCUT2D eigenvalue weighted by Crippen LogP contribution is -2.50. The first-order valence-electron chi connectivity index (χ1n) is 9.73. The van der Waals surface area contributed by atoms with E-state index in [1.807, 2.05) is 6.92 Å². The third kappa shape index (κ3) is 4.39. The molecule has 1 aliphatic carbocycles. The number of hydrogen-bond donors (Lipinski definition) is 1. The van der Waals surface area contributed by atoms with Gasteiger partial charge in [-0.2, -0.15) is 4.98 Å². The normalized spacial score (nSPS) is 26.7. The van der Waals surface area contributed by atoms with E-state index in [1.165, 1.54) is 12.8 Å². The Balaban J connectivity index is 1.24. The summed E-state index contributed by atoms with van der Waals surface area (Å²) in [6, 6.07) is 1.08. The summed E-state index contributed by atoms with van der Waals surface area (Å²) >= 11 is 0. The molecule has 1 saturated carbocycles. The molecule has 1 atom stereocenters. The molecule has 4 rings (SSSR count). The molecule has 3 aliphatic rings. The van der Waals surface area contributed by atoms with Crippen molar-refractivity contribution in [2.75, 3.05) is 26.2 Å². The number of nitrogens with one attached hydrogen (secondary N) is 1. The number of aromatic nitrogens is 2. The topological polar surface area (TPSA) is 74.5 Å². The fourth-order valence-corrected chi connectivity index (χ4v) is 4.15. The van der Waals surface area contributed by atoms with Crippen molar-refractivity contribution in [3.8, 4) is 0 Å². The van der Waals surface area contributed by atoms with Gasteiger partial charge >= 0.3 is 0 Å². The lowest BCUT2D eigenvalue weighted by molar-refractivity contribution is -0.127. The van der Waals surface area contributed by atoms with Crippen LogP contribution < -0.4 is 5.32 Å². The maximum Gasteiger partial charge on any atom is 0.224 e. The van der Waals surface area contributed by atoms with Gasteiger partial charge in [0.15, 0.2) is 5.82 Å². The second-order valence-corrected chi connectivity index (χ2v) is 7.85. The quantitative estimate of drug-likeness (QED) is 0.866. The third-order valence-electron chi connectivity index (χ3n) is 5.76. The molecule has 0 radical (unpaired) electrons. The van der Waals surface area contributed by atoms with Crippen LogP contribution in [0.15, 0.2) is 4.52 Å². The van der Waals surface area contributed by atoms with Crippen LogP contribution in [0.5, 0.6) is 0 Å². The summed E-state index contributed by atoms with van der Waals surface area (Å²) in [5.41, 5.74) is 0. The first-order valence-corrected chi connectivity index (χ1v) is 9.73. The largest absolute Gasteiger partial charge is 0.353 e. The zero-order chi connectivity index (χ0) is 17.2. The molecule has 7 heteroatoms. The maximum atomic E-state index is 12.4. The second-order valence-electron chi connectivity index (χ2n) is 7.85. The summed E-state index contributed by atoms with van der Waals surface area (Å²) in [4.78, 5) is 21.6. The van der Waals surface area contributed by atoms with Crippen LogP contribution in [0, 0.1) is 12.8 Å². The Morgan fingerprint density at radius 1 is 1.20 bits per heavy atom. The van der Waals surface area contributed by atoms with Crippen LogP contribution in [-0.4, -0.2) is 64.1 Å². The van der Waals surface area contributed by atoms with E-state index >= 15 is 0 Å². The number of carbonyl (C=O) groups excluding carboxylic acids is 1. The van der Waals surface area contributed by atoms with Gasteiger partial charge in [-0.05, 0) is 45.1 Å². The van der Waals surface area contributed by atoms with E-state index in [-0.39, 0.29) is 11.8 Å². The summed E-state index contributed by atoms with van der Waals surface area (Å²) in [6.07, 6.45) is 6.85. The van der Waals surface area contributed by atoms with E-state index in [4.69, 9.17) is 4.52 Å². The minimum absolute atomic E-state index is 0.190. The molecule has 2 saturated heterocycles. The Labute approximate surface area is 149 Å². The number of piperidine rings is 2. The fourth-order valence-electron chi connectivity index (χ4n) is 4.15. The van der Waals surface area contributed by atoms with Crippen LogP contribution in [-0.2, 0) is 11.3 Å². The van der Waals surface area contributed by atoms with Crippen molar-refractivity contribution in [1.29, 1.82) is 0 Å². The average Bonchev–Trinajstić information content (AvgIpc) is 3.35. The van der Waals surface area contributed by atoms with Crippen LogP contribution in [0.3, 0.4) is 0 Å². The van der Waals surface area contributed by atoms with E-state index in [1.54, 1.807) is 0 Å². The molecule has 1 amide bonds. The van der Waals surface area contributed by atoms with Crippen LogP contribution in [0.25, 0.3) is 0 Å². The lowest BCUT2D eigenvalue weighted by atomic mass is 9.93. The first kappa shape index (κ1) is 17.0. The molecular weight excluding hydrogens is 318 g/mol. The SMILES string of the molecule is Cc1nc(CN2CCC(N3CCC[C@H](C(=O)NC4CC4)C3)CC2)no1. The number of amides is 1. The molecule has 3 heterocycles. The van der Waals surface area contributed by atoms with Crippen molar-refractivity contribution < 1.29 is 9.32 Å². The van der Waals surface area contributed by atoms with Crippen LogP contribution >= 0.6 is 0 Å². The summed E-state index contributed by atoms with van der Waals surface area (Å²) in [6.45, 7) is 6.81. The maximum absolute atomic E-state index is 12.4. The Bertz CT molecular complexity index is 592. The zero-order valence-electron chi connectivity index (χ0n) is 15.1. The molecule has 1 N–H and O–H groups in total. The summed E-state index contributed by atoms with van der Waals surface area (Å²) in [5, 5.41) is 7.18. The number of likely N-dealkylation sites (tertiary alicyclic amines) is 2. The molecule has 3 fully saturated rings. The molecule has 0 bridgehead atoms. The van der Waals surface area contributed by atoms with Gasteiger partial charge in [0.25, 0.3) is 0 Å². The minimum atomic E-state index is 0.190. The monoisotopic (exact) mass is 347 g/mol. The average molecular weight is 347 g/mol. The Morgan fingerprint density at radius 3 is 2.68 bits per heavy atom. The third-order valence-corrected chi connectivity index (χ3v) is 5.76. The molecule has 25 heavy (non-hydrogen) atoms. The molecule has 7 nitrogen and oxygen atoms in total. The number of nitrogens with zero attached hydrogens (tertiary/aromatic N) is 4. The molecular formula is C18H29N5O2. The number of carbonyl (C=O) groups is 1. The van der Waals surface area contributed by atoms with E-state index in [0.717, 1.165) is 64.2 Å². The van der Waals surface area contributed by atoms with Gasteiger partial charge in [0.2, 0.25) is 11.8 Å². The summed E-state index contributed by atoms with van der Waals surface area (Å²) in [5.74, 6) is 1.89. The molecule has 0 aromatic carbocycles. The molecule has 138 valence electrons. The van der Waals surface area contributed by atoms with Crippen LogP contribution in [0.2, 0.25) is 0 Å². The summed E-state index contributed by atoms with van der Waals surface area (Å²) < 4.78 is 5.05. The van der Waals surface area contributed by atoms with Gasteiger partial charge in [0, 0.05) is 38.6 Å². The van der Waals surface area contributed by atoms with Gasteiger partial charge in [0.1, 0.15) is 0 Å². The Morgan fingerprint density at radius 2 is 2.00 bits per heavy atom. The van der Waals surface area contributed by atoms with Crippen molar-refractivity contribution in [2.45, 2.75) is 64.1 Å². The van der Waals surface area contributed by atoms with Crippen molar-refractivity contribution in [2.24, 2.45) is 5.92 Å². The Hall–Kier alpha value is -1.47. The van der Waals surface area contributed by atoms with E-state index in [9.17, 15) is 4.79 Å². The molecule has 0 unspecified atom stereocenters. The number of aryl methyl sites for hydroxylation is 1. The highest BCUT2D eigenvalue weighted by molar-refractivity contribution is 5.79. The van der Waals surface area contributed by atoms with Crippen LogP contribution in [0.1, 0.15) is 50.2 Å². The van der Waals surface area contributed by atoms with Gasteiger partial charge in [-0.25, -0.2) is 0 Å². The second kappa shape index (κ2) is 7.41. The first-order chi connectivity index (χ1) is 12.2. The van der Waals surface area contributed by atoms with Crippen molar-refractivity contribution in [3.05, 3.63) is 11.7 Å². The Kier molecular flexibility index (Phi) is 5.03. The van der Waals surface area contributed by atoms with Gasteiger partial charge < -0.3 is 9.84 Å². The zero-order valence-corrected chi connectivity index (χ0v) is 15.1. The number of hydrogen-bond acceptors (Lipinski definition) is 6. The standard InChI is InChI=1S/C18H29N5O2/c1-13-19-17(21-25-13)12-22-9-6-16(7-10-22)23-8-2-3-14(11-23)18(24)20-15-4-5-15/h14-16H,2-12H2,1H3,(H,20,24)/t14-/m0/s1. The highest BCUT2D eigenvalue weighted by atomic mass is 16.5. The van der Waals surface area contributed by atoms with Crippen LogP contribution in [0.4, 0.5) is 0 Å². The smallest absolute Gasteiger partial charge is 0.224 e. The fraction of sp³-hybridized carbons (Fsp3) is 0.833. The number of rotatable bonds is 5. The van der Waals surface area contributed by atoms with Crippen molar-refractivity contribution in [1.82, 2.24) is 25.3 Å². The molecule has 1 aromatic heterocycles. The molecule has 0 spiro atoms. The highest BCUT2D eigenvalue weighted by Crippen LogP contribution is 2.26. The van der Waals surface area contributed by atoms with Crippen molar-refractivity contribution >= 4 is 5.91 Å². The van der Waals surface area contributed by atoms with E-state index in [0.29, 0.717) is 18.0 Å². The van der Waals surface area contributed by atoms with E-state index in [2.05, 4.69) is 25.3 Å². The predicted molar refractivity (Wildman–Crippen MR) is 92.8 cm³/mol. The molecule has 2 aliphatic heterocycles. The van der Waals surface area contributed by atoms with Gasteiger partial charge in [0.05, 0.1) is 12.5 Å². The molecule has 1 aromatic rings. The van der Waals surface area contributed by atoms with E-state index < -0.39 is 0 Å². The van der Waals surface area contributed by atoms with Gasteiger partial charge in [-0.1, -0.05) is 5.16 Å². The minimum Gasteiger partial charge on any atom is -0.353 e. The highest BCUT2D eigenvalue weighted by Gasteiger charge is 2.33. The van der Waals surface area contributed by atoms with Gasteiger partial charge in [-0.15, -0.1) is 0 Å². The van der Waals surface area contributed by atoms with Crippen molar-refractivity contribution in [3.63, 3.8) is 0 Å². The predicted octanol–water partition coefficient (Wildman–Crippen LogP) is 1.33. The summed E-state index contributed by atoms with van der Waals surface area (Å²) in [7, 11) is 0. The van der Waals surface area contributed by atoms with Gasteiger partial charge in [-0.3, -0.25) is 14.6 Å². The lowest BCUT2D eigenvalue weighted by Gasteiger charge is -2.41.